The normalized spacial score (nSPS) is 20.2. The van der Waals surface area contributed by atoms with Crippen LogP contribution < -0.4 is 0 Å². The number of allylic oxidation sites excluding steroid dienone is 5. The molecule has 0 saturated heterocycles. The van der Waals surface area contributed by atoms with E-state index in [0.29, 0.717) is 5.92 Å². The maximum absolute atomic E-state index is 3.96. The lowest BCUT2D eigenvalue weighted by atomic mass is 9.89. The van der Waals surface area contributed by atoms with E-state index in [-0.39, 0.29) is 0 Å². The third kappa shape index (κ3) is 2.26. The van der Waals surface area contributed by atoms with Gasteiger partial charge in [0.15, 0.2) is 0 Å². The molecule has 0 spiro atoms. The number of benzene rings is 1. The molecule has 0 bridgehead atoms. The Hall–Kier alpha value is -1.56. The first kappa shape index (κ1) is 11.9. The van der Waals surface area contributed by atoms with Gasteiger partial charge < -0.3 is 0 Å². The monoisotopic (exact) mass is 224 g/mol. The molecule has 0 amide bonds. The molecule has 0 nitrogen and oxygen atoms in total. The molecule has 0 aliphatic heterocycles. The van der Waals surface area contributed by atoms with Gasteiger partial charge in [-0.1, -0.05) is 56.0 Å². The van der Waals surface area contributed by atoms with Gasteiger partial charge >= 0.3 is 0 Å². The quantitative estimate of drug-likeness (QED) is 0.677. The molecule has 0 aromatic heterocycles. The van der Waals surface area contributed by atoms with Crippen LogP contribution in [0.4, 0.5) is 0 Å². The predicted molar refractivity (Wildman–Crippen MR) is 75.2 cm³/mol. The topological polar surface area (TPSA) is 0 Å². The summed E-state index contributed by atoms with van der Waals surface area (Å²) in [4.78, 5) is 0. The van der Waals surface area contributed by atoms with E-state index in [2.05, 4.69) is 56.8 Å². The molecule has 2 rings (SSSR count). The molecule has 1 aromatic rings. The van der Waals surface area contributed by atoms with E-state index in [1.54, 1.807) is 0 Å². The maximum Gasteiger partial charge on any atom is 0.00663 e. The second-order valence-electron chi connectivity index (χ2n) is 4.61. The van der Waals surface area contributed by atoms with Crippen molar-refractivity contribution in [3.8, 4) is 0 Å². The molecule has 1 aliphatic rings. The first-order valence-corrected chi connectivity index (χ1v) is 6.34. The van der Waals surface area contributed by atoms with Gasteiger partial charge in [-0.2, -0.15) is 0 Å². The highest BCUT2D eigenvalue weighted by Crippen LogP contribution is 2.35. The Balaban J connectivity index is 2.53. The lowest BCUT2D eigenvalue weighted by Crippen LogP contribution is -1.99. The van der Waals surface area contributed by atoms with Crippen LogP contribution in [0.3, 0.4) is 0 Å². The Morgan fingerprint density at radius 3 is 2.71 bits per heavy atom. The Morgan fingerprint density at radius 1 is 1.24 bits per heavy atom. The van der Waals surface area contributed by atoms with Crippen LogP contribution in [0.1, 0.15) is 37.3 Å². The summed E-state index contributed by atoms with van der Waals surface area (Å²) in [6.45, 7) is 8.34. The van der Waals surface area contributed by atoms with Gasteiger partial charge in [0.2, 0.25) is 0 Å². The van der Waals surface area contributed by atoms with Crippen molar-refractivity contribution < 1.29 is 0 Å². The molecule has 0 radical (unpaired) electrons. The summed E-state index contributed by atoms with van der Waals surface area (Å²) in [5, 5.41) is 0. The van der Waals surface area contributed by atoms with Crippen LogP contribution in [0.2, 0.25) is 0 Å². The third-order valence-electron chi connectivity index (χ3n) is 3.62. The zero-order valence-electron chi connectivity index (χ0n) is 10.7. The standard InChI is InChI=1S/C17H20/c1-4-8-16-13(3)17-10-7-6-9-15(17)12-11-14(16)5-2/h4-10,13H,2,11-12H2,1,3H3/b8-4-. The molecule has 0 N–H and O–H groups in total. The fourth-order valence-corrected chi connectivity index (χ4v) is 2.69. The summed E-state index contributed by atoms with van der Waals surface area (Å²) in [5.74, 6) is 0.470. The Morgan fingerprint density at radius 2 is 2.00 bits per heavy atom. The van der Waals surface area contributed by atoms with Crippen molar-refractivity contribution >= 4 is 0 Å². The first-order valence-electron chi connectivity index (χ1n) is 6.34. The fourth-order valence-electron chi connectivity index (χ4n) is 2.69. The highest BCUT2D eigenvalue weighted by atomic mass is 14.2. The van der Waals surface area contributed by atoms with Crippen LogP contribution in [0, 0.1) is 0 Å². The third-order valence-corrected chi connectivity index (χ3v) is 3.62. The number of hydrogen-bond donors (Lipinski definition) is 0. The van der Waals surface area contributed by atoms with Crippen LogP contribution in [0.5, 0.6) is 0 Å². The van der Waals surface area contributed by atoms with E-state index in [0.717, 1.165) is 12.8 Å². The van der Waals surface area contributed by atoms with Gasteiger partial charge in [0.05, 0.1) is 0 Å². The Kier molecular flexibility index (Phi) is 3.63. The minimum Gasteiger partial charge on any atom is -0.0988 e. The molecule has 1 aliphatic carbocycles. The lowest BCUT2D eigenvalue weighted by Gasteiger charge is -2.16. The minimum atomic E-state index is 0.470. The average Bonchev–Trinajstić information content (AvgIpc) is 2.49. The molecule has 1 aromatic carbocycles. The smallest absolute Gasteiger partial charge is 0.00663 e. The van der Waals surface area contributed by atoms with E-state index in [1.165, 1.54) is 22.3 Å². The fraction of sp³-hybridized carbons (Fsp3) is 0.294. The van der Waals surface area contributed by atoms with Crippen LogP contribution in [-0.2, 0) is 6.42 Å². The zero-order valence-corrected chi connectivity index (χ0v) is 10.7. The molecule has 1 unspecified atom stereocenters. The Labute approximate surface area is 104 Å². The van der Waals surface area contributed by atoms with Gasteiger partial charge in [0.1, 0.15) is 0 Å². The summed E-state index contributed by atoms with van der Waals surface area (Å²) < 4.78 is 0. The summed E-state index contributed by atoms with van der Waals surface area (Å²) >= 11 is 0. The molecular formula is C17H20. The molecular weight excluding hydrogens is 204 g/mol. The van der Waals surface area contributed by atoms with E-state index in [9.17, 15) is 0 Å². The summed E-state index contributed by atoms with van der Waals surface area (Å²) in [7, 11) is 0. The van der Waals surface area contributed by atoms with Crippen LogP contribution >= 0.6 is 0 Å². The largest absolute Gasteiger partial charge is 0.0988 e. The number of aryl methyl sites for hydroxylation is 1. The van der Waals surface area contributed by atoms with Crippen molar-refractivity contribution in [3.63, 3.8) is 0 Å². The van der Waals surface area contributed by atoms with Crippen molar-refractivity contribution in [2.24, 2.45) is 0 Å². The van der Waals surface area contributed by atoms with Crippen LogP contribution in [0.25, 0.3) is 0 Å². The maximum atomic E-state index is 3.96. The van der Waals surface area contributed by atoms with Gasteiger partial charge in [-0.25, -0.2) is 0 Å². The Bertz CT molecular complexity index is 475. The SMILES string of the molecule is C=CC1=C(/C=C\C)C(C)c2ccccc2CC1. The second kappa shape index (κ2) is 5.18. The van der Waals surface area contributed by atoms with E-state index < -0.39 is 0 Å². The van der Waals surface area contributed by atoms with E-state index in [1.807, 2.05) is 6.08 Å². The minimum absolute atomic E-state index is 0.470. The van der Waals surface area contributed by atoms with E-state index >= 15 is 0 Å². The average molecular weight is 224 g/mol. The van der Waals surface area contributed by atoms with Crippen molar-refractivity contribution in [3.05, 3.63) is 71.3 Å². The molecule has 0 fully saturated rings. The van der Waals surface area contributed by atoms with Crippen molar-refractivity contribution in [1.29, 1.82) is 0 Å². The first-order chi connectivity index (χ1) is 8.27. The summed E-state index contributed by atoms with van der Waals surface area (Å²) in [6, 6.07) is 8.79. The molecule has 0 saturated carbocycles. The number of fused-ring (bicyclic) bond motifs is 1. The van der Waals surface area contributed by atoms with Crippen molar-refractivity contribution in [1.82, 2.24) is 0 Å². The number of rotatable bonds is 2. The van der Waals surface area contributed by atoms with Crippen molar-refractivity contribution in [2.75, 3.05) is 0 Å². The predicted octanol–water partition coefficient (Wildman–Crippen LogP) is 4.80. The van der Waals surface area contributed by atoms with Crippen LogP contribution in [-0.4, -0.2) is 0 Å². The van der Waals surface area contributed by atoms with Gasteiger partial charge in [-0.15, -0.1) is 0 Å². The highest BCUT2D eigenvalue weighted by molar-refractivity contribution is 5.46. The zero-order chi connectivity index (χ0) is 12.3. The van der Waals surface area contributed by atoms with Crippen LogP contribution in [0.15, 0.2) is 60.2 Å². The van der Waals surface area contributed by atoms with E-state index in [4.69, 9.17) is 0 Å². The van der Waals surface area contributed by atoms with Gasteiger partial charge in [0.25, 0.3) is 0 Å². The molecule has 1 atom stereocenters. The second-order valence-corrected chi connectivity index (χ2v) is 4.61. The molecule has 0 heteroatoms. The summed E-state index contributed by atoms with van der Waals surface area (Å²) in [5.41, 5.74) is 5.77. The summed E-state index contributed by atoms with van der Waals surface area (Å²) in [6.07, 6.45) is 8.62. The molecule has 88 valence electrons. The lowest BCUT2D eigenvalue weighted by molar-refractivity contribution is 0.909. The van der Waals surface area contributed by atoms with Crippen molar-refractivity contribution in [2.45, 2.75) is 32.6 Å². The van der Waals surface area contributed by atoms with Gasteiger partial charge in [-0.3, -0.25) is 0 Å². The molecule has 0 heterocycles. The van der Waals surface area contributed by atoms with Gasteiger partial charge in [-0.05, 0) is 42.0 Å². The highest BCUT2D eigenvalue weighted by Gasteiger charge is 2.19. The van der Waals surface area contributed by atoms with Gasteiger partial charge in [0, 0.05) is 5.92 Å². The number of hydrogen-bond acceptors (Lipinski definition) is 0. The molecule has 17 heavy (non-hydrogen) atoms.